The van der Waals surface area contributed by atoms with Gasteiger partial charge in [0.05, 0.1) is 17.4 Å². The number of amides is 1. The van der Waals surface area contributed by atoms with Gasteiger partial charge in [-0.3, -0.25) is 14.6 Å². The largest absolute Gasteiger partial charge is 0.478 e. The number of hydrogen-bond donors (Lipinski definition) is 3. The molecule has 7 nitrogen and oxygen atoms in total. The minimum absolute atomic E-state index is 0.0127. The Bertz CT molecular complexity index is 780. The standard InChI is InChI=1S/C14H13N3O4/c1-7-3-8(2)16-12(18)11(7)13(19)17-10-4-9(14(20)21)5-15-6-10/h3-6H,1-2H3,(H,16,18)(H,17,19)(H,20,21). The lowest BCUT2D eigenvalue weighted by molar-refractivity contribution is 0.0696. The monoisotopic (exact) mass is 287 g/mol. The second-order valence-corrected chi connectivity index (χ2v) is 4.56. The number of nitrogens with zero attached hydrogens (tertiary/aromatic N) is 1. The number of rotatable bonds is 3. The van der Waals surface area contributed by atoms with E-state index >= 15 is 0 Å². The van der Waals surface area contributed by atoms with Crippen molar-refractivity contribution in [2.75, 3.05) is 5.32 Å². The molecule has 3 N–H and O–H groups in total. The highest BCUT2D eigenvalue weighted by atomic mass is 16.4. The number of anilines is 1. The van der Waals surface area contributed by atoms with Crippen molar-refractivity contribution < 1.29 is 14.7 Å². The Labute approximate surface area is 119 Å². The number of carboxylic acids is 1. The summed E-state index contributed by atoms with van der Waals surface area (Å²) in [7, 11) is 0. The van der Waals surface area contributed by atoms with Crippen LogP contribution in [0.2, 0.25) is 0 Å². The predicted octanol–water partition coefficient (Wildman–Crippen LogP) is 1.34. The molecule has 0 unspecified atom stereocenters. The van der Waals surface area contributed by atoms with Gasteiger partial charge in [0, 0.05) is 11.9 Å². The van der Waals surface area contributed by atoms with Crippen molar-refractivity contribution in [1.82, 2.24) is 9.97 Å². The smallest absolute Gasteiger partial charge is 0.337 e. The number of nitrogens with one attached hydrogen (secondary N) is 2. The van der Waals surface area contributed by atoms with Crippen LogP contribution in [0.3, 0.4) is 0 Å². The summed E-state index contributed by atoms with van der Waals surface area (Å²) in [6.45, 7) is 3.37. The highest BCUT2D eigenvalue weighted by molar-refractivity contribution is 6.05. The minimum Gasteiger partial charge on any atom is -0.478 e. The Kier molecular flexibility index (Phi) is 3.84. The van der Waals surface area contributed by atoms with Gasteiger partial charge in [-0.1, -0.05) is 0 Å². The van der Waals surface area contributed by atoms with Crippen LogP contribution in [0.4, 0.5) is 5.69 Å². The Balaban J connectivity index is 2.33. The molecule has 2 rings (SSSR count). The molecule has 0 saturated heterocycles. The second-order valence-electron chi connectivity index (χ2n) is 4.56. The van der Waals surface area contributed by atoms with E-state index in [2.05, 4.69) is 15.3 Å². The Morgan fingerprint density at radius 2 is 1.95 bits per heavy atom. The number of aromatic carboxylic acids is 1. The average Bonchev–Trinajstić information content (AvgIpc) is 2.37. The summed E-state index contributed by atoms with van der Waals surface area (Å²) in [6, 6.07) is 2.95. The van der Waals surface area contributed by atoms with Crippen molar-refractivity contribution in [1.29, 1.82) is 0 Å². The van der Waals surface area contributed by atoms with Gasteiger partial charge in [0.25, 0.3) is 11.5 Å². The average molecular weight is 287 g/mol. The highest BCUT2D eigenvalue weighted by Gasteiger charge is 2.15. The molecule has 0 bridgehead atoms. The first-order valence-corrected chi connectivity index (χ1v) is 6.08. The van der Waals surface area contributed by atoms with Crippen molar-refractivity contribution in [3.63, 3.8) is 0 Å². The molecular formula is C14H13N3O4. The molecule has 0 fully saturated rings. The van der Waals surface area contributed by atoms with Crippen LogP contribution in [0.25, 0.3) is 0 Å². The summed E-state index contributed by atoms with van der Waals surface area (Å²) in [5.74, 6) is -1.76. The lowest BCUT2D eigenvalue weighted by atomic mass is 10.1. The highest BCUT2D eigenvalue weighted by Crippen LogP contribution is 2.11. The molecule has 2 aromatic heterocycles. The molecule has 2 aromatic rings. The van der Waals surface area contributed by atoms with E-state index in [-0.39, 0.29) is 16.8 Å². The summed E-state index contributed by atoms with van der Waals surface area (Å²) >= 11 is 0. The molecule has 108 valence electrons. The minimum atomic E-state index is -1.15. The van der Waals surface area contributed by atoms with Gasteiger partial charge in [0.2, 0.25) is 0 Å². The molecule has 7 heteroatoms. The zero-order valence-corrected chi connectivity index (χ0v) is 11.4. The van der Waals surface area contributed by atoms with E-state index in [1.807, 2.05) is 0 Å². The van der Waals surface area contributed by atoms with E-state index in [1.54, 1.807) is 19.9 Å². The summed E-state index contributed by atoms with van der Waals surface area (Å²) < 4.78 is 0. The molecule has 0 aliphatic carbocycles. The van der Waals surface area contributed by atoms with E-state index in [9.17, 15) is 14.4 Å². The number of hydrogen-bond acceptors (Lipinski definition) is 4. The number of carbonyl (C=O) groups is 2. The summed E-state index contributed by atoms with van der Waals surface area (Å²) in [5.41, 5.74) is 0.843. The third-order valence-electron chi connectivity index (χ3n) is 2.84. The molecule has 0 aromatic carbocycles. The molecule has 0 aliphatic heterocycles. The topological polar surface area (TPSA) is 112 Å². The first kappa shape index (κ1) is 14.4. The third-order valence-corrected chi connectivity index (χ3v) is 2.84. The number of aromatic amines is 1. The van der Waals surface area contributed by atoms with Gasteiger partial charge in [0.1, 0.15) is 5.56 Å². The number of carboxylic acid groups (broad SMARTS) is 1. The quantitative estimate of drug-likeness (QED) is 0.788. The van der Waals surface area contributed by atoms with Crippen LogP contribution >= 0.6 is 0 Å². The molecule has 1 amide bonds. The van der Waals surface area contributed by atoms with E-state index in [4.69, 9.17) is 5.11 Å². The van der Waals surface area contributed by atoms with Crippen molar-refractivity contribution in [3.8, 4) is 0 Å². The summed E-state index contributed by atoms with van der Waals surface area (Å²) in [5, 5.41) is 11.3. The van der Waals surface area contributed by atoms with Crippen molar-refractivity contribution in [2.45, 2.75) is 13.8 Å². The van der Waals surface area contributed by atoms with Crippen LogP contribution in [0.15, 0.2) is 29.3 Å². The van der Waals surface area contributed by atoms with Crippen molar-refractivity contribution in [2.24, 2.45) is 0 Å². The molecule has 2 heterocycles. The van der Waals surface area contributed by atoms with Gasteiger partial charge in [-0.2, -0.15) is 0 Å². The third kappa shape index (κ3) is 3.14. The molecular weight excluding hydrogens is 274 g/mol. The fourth-order valence-corrected chi connectivity index (χ4v) is 1.95. The molecule has 0 radical (unpaired) electrons. The lowest BCUT2D eigenvalue weighted by Crippen LogP contribution is -2.25. The van der Waals surface area contributed by atoms with Gasteiger partial charge < -0.3 is 15.4 Å². The number of pyridine rings is 2. The van der Waals surface area contributed by atoms with Gasteiger partial charge in [0.15, 0.2) is 0 Å². The number of aryl methyl sites for hydroxylation is 2. The summed E-state index contributed by atoms with van der Waals surface area (Å²) in [4.78, 5) is 41.1. The maximum absolute atomic E-state index is 12.1. The van der Waals surface area contributed by atoms with E-state index in [0.29, 0.717) is 11.3 Å². The second kappa shape index (κ2) is 5.58. The van der Waals surface area contributed by atoms with E-state index in [1.165, 1.54) is 18.5 Å². The molecule has 0 spiro atoms. The van der Waals surface area contributed by atoms with Gasteiger partial charge in [-0.25, -0.2) is 4.79 Å². The first-order valence-electron chi connectivity index (χ1n) is 6.08. The van der Waals surface area contributed by atoms with Crippen molar-refractivity contribution in [3.05, 3.63) is 57.3 Å². The number of aromatic nitrogens is 2. The van der Waals surface area contributed by atoms with Crippen LogP contribution in [-0.2, 0) is 0 Å². The predicted molar refractivity (Wildman–Crippen MR) is 75.7 cm³/mol. The number of H-pyrrole nitrogens is 1. The number of carbonyl (C=O) groups excluding carboxylic acids is 1. The maximum Gasteiger partial charge on any atom is 0.337 e. The maximum atomic E-state index is 12.1. The molecule has 0 atom stereocenters. The first-order chi connectivity index (χ1) is 9.88. The summed E-state index contributed by atoms with van der Waals surface area (Å²) in [6.07, 6.45) is 2.48. The molecule has 0 saturated carbocycles. The van der Waals surface area contributed by atoms with E-state index < -0.39 is 17.4 Å². The fraction of sp³-hybridized carbons (Fsp3) is 0.143. The fourth-order valence-electron chi connectivity index (χ4n) is 1.95. The van der Waals surface area contributed by atoms with Crippen LogP contribution < -0.4 is 10.9 Å². The van der Waals surface area contributed by atoms with Gasteiger partial charge >= 0.3 is 5.97 Å². The van der Waals surface area contributed by atoms with Gasteiger partial charge in [-0.15, -0.1) is 0 Å². The van der Waals surface area contributed by atoms with Crippen molar-refractivity contribution >= 4 is 17.6 Å². The Hall–Kier alpha value is -2.96. The van der Waals surface area contributed by atoms with E-state index in [0.717, 1.165) is 0 Å². The zero-order chi connectivity index (χ0) is 15.6. The molecule has 21 heavy (non-hydrogen) atoms. The SMILES string of the molecule is Cc1cc(C)c(C(=O)Nc2cncc(C(=O)O)c2)c(=O)[nH]1. The van der Waals surface area contributed by atoms with Crippen LogP contribution in [0.5, 0.6) is 0 Å². The van der Waals surface area contributed by atoms with Crippen LogP contribution in [0.1, 0.15) is 32.0 Å². The van der Waals surface area contributed by atoms with Crippen LogP contribution in [0, 0.1) is 13.8 Å². The normalized spacial score (nSPS) is 10.2. The van der Waals surface area contributed by atoms with Gasteiger partial charge in [-0.05, 0) is 31.5 Å². The Morgan fingerprint density at radius 1 is 1.24 bits per heavy atom. The lowest BCUT2D eigenvalue weighted by Gasteiger charge is -2.08. The molecule has 0 aliphatic rings. The van der Waals surface area contributed by atoms with Crippen LogP contribution in [-0.4, -0.2) is 27.0 Å². The zero-order valence-electron chi connectivity index (χ0n) is 11.4. The Morgan fingerprint density at radius 3 is 2.57 bits per heavy atom.